The van der Waals surface area contributed by atoms with Crippen LogP contribution in [0.4, 0.5) is 0 Å². The maximum absolute atomic E-state index is 12.4. The second kappa shape index (κ2) is 5.24. The molecule has 0 bridgehead atoms. The van der Waals surface area contributed by atoms with Crippen molar-refractivity contribution >= 4 is 11.8 Å². The summed E-state index contributed by atoms with van der Waals surface area (Å²) in [6.45, 7) is 2.51. The first kappa shape index (κ1) is 13.5. The predicted molar refractivity (Wildman–Crippen MR) is 79.1 cm³/mol. The first-order valence-corrected chi connectivity index (χ1v) is 7.77. The van der Waals surface area contributed by atoms with E-state index in [1.165, 1.54) is 0 Å². The molecule has 22 heavy (non-hydrogen) atoms. The van der Waals surface area contributed by atoms with E-state index < -0.39 is 0 Å². The Hall–Kier alpha value is -2.15. The third-order valence-electron chi connectivity index (χ3n) is 4.30. The molecule has 2 amide bonds. The van der Waals surface area contributed by atoms with Crippen LogP contribution in [-0.4, -0.2) is 51.7 Å². The van der Waals surface area contributed by atoms with E-state index in [0.29, 0.717) is 31.4 Å². The molecule has 1 aromatic heterocycles. The van der Waals surface area contributed by atoms with Crippen molar-refractivity contribution in [1.29, 1.82) is 0 Å². The van der Waals surface area contributed by atoms with Gasteiger partial charge >= 0.3 is 0 Å². The van der Waals surface area contributed by atoms with E-state index in [2.05, 4.69) is 15.7 Å². The quantitative estimate of drug-likeness (QED) is 0.748. The highest BCUT2D eigenvalue weighted by molar-refractivity contribution is 5.92. The number of fused-ring (bicyclic) bond motifs is 1. The minimum absolute atomic E-state index is 0.0881. The van der Waals surface area contributed by atoms with Gasteiger partial charge in [-0.1, -0.05) is 12.2 Å². The SMILES string of the molecule is O=C(NC1CC1)c1cc2n(n1)CCN(C(=O)[C@H]1C=CCN1)C2. The molecule has 7 heteroatoms. The molecule has 116 valence electrons. The molecule has 3 aliphatic rings. The van der Waals surface area contributed by atoms with Gasteiger partial charge in [0, 0.05) is 19.1 Å². The van der Waals surface area contributed by atoms with Crippen LogP contribution in [0.3, 0.4) is 0 Å². The summed E-state index contributed by atoms with van der Waals surface area (Å²) < 4.78 is 1.84. The maximum atomic E-state index is 12.4. The molecule has 0 spiro atoms. The highest BCUT2D eigenvalue weighted by atomic mass is 16.2. The van der Waals surface area contributed by atoms with E-state index in [-0.39, 0.29) is 17.9 Å². The summed E-state index contributed by atoms with van der Waals surface area (Å²) in [7, 11) is 0. The van der Waals surface area contributed by atoms with Crippen LogP contribution < -0.4 is 10.6 Å². The number of rotatable bonds is 3. The zero-order chi connectivity index (χ0) is 15.1. The highest BCUT2D eigenvalue weighted by Crippen LogP contribution is 2.20. The molecule has 0 unspecified atom stereocenters. The van der Waals surface area contributed by atoms with Crippen LogP contribution in [0.15, 0.2) is 18.2 Å². The van der Waals surface area contributed by atoms with Crippen molar-refractivity contribution in [3.63, 3.8) is 0 Å². The summed E-state index contributed by atoms with van der Waals surface area (Å²) in [5.41, 5.74) is 1.37. The van der Waals surface area contributed by atoms with E-state index >= 15 is 0 Å². The van der Waals surface area contributed by atoms with Crippen LogP contribution in [-0.2, 0) is 17.9 Å². The summed E-state index contributed by atoms with van der Waals surface area (Å²) in [5, 5.41) is 10.4. The number of nitrogens with one attached hydrogen (secondary N) is 2. The topological polar surface area (TPSA) is 79.3 Å². The van der Waals surface area contributed by atoms with Gasteiger partial charge in [-0.15, -0.1) is 0 Å². The fraction of sp³-hybridized carbons (Fsp3) is 0.533. The van der Waals surface area contributed by atoms with Crippen molar-refractivity contribution in [1.82, 2.24) is 25.3 Å². The van der Waals surface area contributed by atoms with Crippen molar-refractivity contribution in [3.8, 4) is 0 Å². The van der Waals surface area contributed by atoms with Crippen LogP contribution in [0.5, 0.6) is 0 Å². The largest absolute Gasteiger partial charge is 0.348 e. The molecule has 1 saturated carbocycles. The smallest absolute Gasteiger partial charge is 0.272 e. The van der Waals surface area contributed by atoms with E-state index in [1.54, 1.807) is 6.07 Å². The molecule has 2 aliphatic heterocycles. The Morgan fingerprint density at radius 3 is 2.91 bits per heavy atom. The molecule has 2 N–H and O–H groups in total. The van der Waals surface area contributed by atoms with Crippen molar-refractivity contribution < 1.29 is 9.59 Å². The molecule has 1 aromatic rings. The molecular weight excluding hydrogens is 282 g/mol. The van der Waals surface area contributed by atoms with Crippen LogP contribution >= 0.6 is 0 Å². The zero-order valence-corrected chi connectivity index (χ0v) is 12.3. The Morgan fingerprint density at radius 1 is 1.32 bits per heavy atom. The maximum Gasteiger partial charge on any atom is 0.272 e. The summed E-state index contributed by atoms with van der Waals surface area (Å²) in [6.07, 6.45) is 5.99. The minimum atomic E-state index is -0.216. The van der Waals surface area contributed by atoms with Gasteiger partial charge in [0.2, 0.25) is 5.91 Å². The molecular formula is C15H19N5O2. The fourth-order valence-electron chi connectivity index (χ4n) is 2.89. The Kier molecular flexibility index (Phi) is 3.22. The van der Waals surface area contributed by atoms with Crippen molar-refractivity contribution in [3.05, 3.63) is 29.6 Å². The third-order valence-corrected chi connectivity index (χ3v) is 4.30. The molecule has 1 atom stereocenters. The lowest BCUT2D eigenvalue weighted by Gasteiger charge is -2.29. The first-order valence-electron chi connectivity index (χ1n) is 7.77. The predicted octanol–water partition coefficient (Wildman–Crippen LogP) is -0.354. The first-order chi connectivity index (χ1) is 10.7. The van der Waals surface area contributed by atoms with Crippen molar-refractivity contribution in [2.75, 3.05) is 13.1 Å². The van der Waals surface area contributed by atoms with Gasteiger partial charge in [0.15, 0.2) is 5.69 Å². The normalized spacial score (nSPS) is 23.5. The van der Waals surface area contributed by atoms with Gasteiger partial charge < -0.3 is 10.2 Å². The van der Waals surface area contributed by atoms with Gasteiger partial charge in [0.1, 0.15) is 6.04 Å². The number of hydrogen-bond donors (Lipinski definition) is 2. The van der Waals surface area contributed by atoms with Gasteiger partial charge in [0.05, 0.1) is 18.8 Å². The number of aromatic nitrogens is 2. The monoisotopic (exact) mass is 301 g/mol. The number of nitrogens with zero attached hydrogens (tertiary/aromatic N) is 3. The average Bonchev–Trinajstić information content (AvgIpc) is 3.05. The molecule has 1 fully saturated rings. The lowest BCUT2D eigenvalue weighted by atomic mass is 10.2. The number of carbonyl (C=O) groups is 2. The van der Waals surface area contributed by atoms with Crippen LogP contribution in [0.2, 0.25) is 0 Å². The third kappa shape index (κ3) is 2.52. The van der Waals surface area contributed by atoms with Gasteiger partial charge in [0.25, 0.3) is 5.91 Å². The van der Waals surface area contributed by atoms with Crippen LogP contribution in [0.25, 0.3) is 0 Å². The molecule has 7 nitrogen and oxygen atoms in total. The Bertz CT molecular complexity index is 646. The van der Waals surface area contributed by atoms with Gasteiger partial charge in [-0.3, -0.25) is 19.6 Å². The Balaban J connectivity index is 1.46. The number of carbonyl (C=O) groups excluding carboxylic acids is 2. The highest BCUT2D eigenvalue weighted by Gasteiger charge is 2.29. The summed E-state index contributed by atoms with van der Waals surface area (Å²) >= 11 is 0. The molecule has 0 saturated heterocycles. The second-order valence-electron chi connectivity index (χ2n) is 6.07. The van der Waals surface area contributed by atoms with Gasteiger partial charge in [-0.25, -0.2) is 0 Å². The van der Waals surface area contributed by atoms with Crippen molar-refractivity contribution in [2.24, 2.45) is 0 Å². The van der Waals surface area contributed by atoms with Crippen LogP contribution in [0.1, 0.15) is 29.0 Å². The van der Waals surface area contributed by atoms with E-state index in [4.69, 9.17) is 0 Å². The van der Waals surface area contributed by atoms with Crippen LogP contribution in [0, 0.1) is 0 Å². The Labute approximate surface area is 128 Å². The molecule has 4 rings (SSSR count). The standard InChI is InChI=1S/C15H19N5O2/c21-14(17-10-3-4-10)13-8-11-9-19(6-7-20(11)18-13)15(22)12-2-1-5-16-12/h1-2,8,10,12,16H,3-7,9H2,(H,17,21)/t12-/m1/s1. The fourth-order valence-corrected chi connectivity index (χ4v) is 2.89. The van der Waals surface area contributed by atoms with E-state index in [1.807, 2.05) is 21.7 Å². The molecule has 0 aromatic carbocycles. The van der Waals surface area contributed by atoms with Gasteiger partial charge in [-0.2, -0.15) is 5.10 Å². The average molecular weight is 301 g/mol. The lowest BCUT2D eigenvalue weighted by Crippen LogP contribution is -2.46. The van der Waals surface area contributed by atoms with E-state index in [0.717, 1.165) is 25.1 Å². The minimum Gasteiger partial charge on any atom is -0.348 e. The second-order valence-corrected chi connectivity index (χ2v) is 6.07. The summed E-state index contributed by atoms with van der Waals surface area (Å²) in [5.74, 6) is -0.0205. The van der Waals surface area contributed by atoms with E-state index in [9.17, 15) is 9.59 Å². The molecule has 3 heterocycles. The summed E-state index contributed by atoms with van der Waals surface area (Å²) in [6, 6.07) is 1.91. The molecule has 1 aliphatic carbocycles. The zero-order valence-electron chi connectivity index (χ0n) is 12.3. The Morgan fingerprint density at radius 2 is 2.18 bits per heavy atom. The van der Waals surface area contributed by atoms with Gasteiger partial charge in [-0.05, 0) is 18.9 Å². The number of hydrogen-bond acceptors (Lipinski definition) is 4. The lowest BCUT2D eigenvalue weighted by molar-refractivity contribution is -0.133. The molecule has 0 radical (unpaired) electrons. The number of amides is 2. The summed E-state index contributed by atoms with van der Waals surface area (Å²) in [4.78, 5) is 26.3. The van der Waals surface area contributed by atoms with Crippen molar-refractivity contribution in [2.45, 2.75) is 38.0 Å².